The average molecular weight is 386 g/mol. The van der Waals surface area contributed by atoms with Gasteiger partial charge in [-0.3, -0.25) is 4.98 Å². The molecule has 27 heavy (non-hydrogen) atoms. The topological polar surface area (TPSA) is 73.8 Å². The van der Waals surface area contributed by atoms with Gasteiger partial charge < -0.3 is 9.80 Å². The Hall–Kier alpha value is -2.45. The van der Waals surface area contributed by atoms with E-state index in [0.717, 1.165) is 11.3 Å². The fourth-order valence-corrected chi connectivity index (χ4v) is 5.25. The molecule has 0 bridgehead atoms. The predicted molar refractivity (Wildman–Crippen MR) is 101 cm³/mol. The lowest BCUT2D eigenvalue weighted by Gasteiger charge is -2.35. The summed E-state index contributed by atoms with van der Waals surface area (Å²) in [5.41, 5.74) is 1.61. The van der Waals surface area contributed by atoms with Crippen LogP contribution in [0.25, 0.3) is 0 Å². The maximum Gasteiger partial charge on any atom is 0.320 e. The molecule has 2 aromatic rings. The Kier molecular flexibility index (Phi) is 4.84. The van der Waals surface area contributed by atoms with Crippen molar-refractivity contribution in [3.8, 4) is 0 Å². The molecule has 8 heteroatoms. The lowest BCUT2D eigenvalue weighted by molar-refractivity contribution is 0.159. The number of carbonyl (C=O) groups is 1. The van der Waals surface area contributed by atoms with Crippen LogP contribution in [0.4, 0.5) is 4.79 Å². The van der Waals surface area contributed by atoms with Crippen LogP contribution in [0.1, 0.15) is 11.3 Å². The molecule has 0 saturated carbocycles. The molecule has 1 aromatic carbocycles. The molecule has 142 valence electrons. The van der Waals surface area contributed by atoms with E-state index in [1.165, 1.54) is 4.31 Å². The van der Waals surface area contributed by atoms with E-state index in [1.807, 2.05) is 48.5 Å². The van der Waals surface area contributed by atoms with Crippen molar-refractivity contribution in [2.24, 2.45) is 0 Å². The van der Waals surface area contributed by atoms with Gasteiger partial charge in [-0.05, 0) is 17.7 Å². The largest absolute Gasteiger partial charge is 0.320 e. The van der Waals surface area contributed by atoms with Crippen LogP contribution >= 0.6 is 0 Å². The highest BCUT2D eigenvalue weighted by molar-refractivity contribution is 7.88. The fourth-order valence-electron chi connectivity index (χ4n) is 3.70. The Morgan fingerprint density at radius 1 is 1.00 bits per heavy atom. The van der Waals surface area contributed by atoms with Gasteiger partial charge in [-0.25, -0.2) is 13.2 Å². The first-order chi connectivity index (χ1) is 13.0. The molecule has 0 N–H and O–H groups in total. The molecule has 2 aliphatic rings. The number of sulfonamides is 1. The molecule has 7 nitrogen and oxygen atoms in total. The van der Waals surface area contributed by atoms with Crippen LogP contribution in [0.15, 0.2) is 54.7 Å². The zero-order valence-electron chi connectivity index (χ0n) is 14.9. The van der Waals surface area contributed by atoms with Gasteiger partial charge in [0.15, 0.2) is 0 Å². The smallest absolute Gasteiger partial charge is 0.317 e. The van der Waals surface area contributed by atoms with E-state index in [0.29, 0.717) is 32.7 Å². The van der Waals surface area contributed by atoms with Crippen molar-refractivity contribution < 1.29 is 13.2 Å². The highest BCUT2D eigenvalue weighted by Gasteiger charge is 2.43. The molecule has 2 aliphatic heterocycles. The SMILES string of the molecule is O=C1N(Cc2ccccn2)CC2CN(S(=O)(=O)Cc3ccccc3)CCN12. The molecule has 1 unspecified atom stereocenters. The van der Waals surface area contributed by atoms with Crippen LogP contribution in [0, 0.1) is 0 Å². The normalized spacial score (nSPS) is 20.7. The third-order valence-corrected chi connectivity index (χ3v) is 6.87. The van der Waals surface area contributed by atoms with E-state index in [1.54, 1.807) is 16.0 Å². The van der Waals surface area contributed by atoms with Crippen molar-refractivity contribution in [3.05, 3.63) is 66.0 Å². The lowest BCUT2D eigenvalue weighted by atomic mass is 10.2. The van der Waals surface area contributed by atoms with E-state index in [-0.39, 0.29) is 17.8 Å². The summed E-state index contributed by atoms with van der Waals surface area (Å²) in [6.45, 7) is 2.08. The molecule has 0 aliphatic carbocycles. The fraction of sp³-hybridized carbons (Fsp3) is 0.368. The monoisotopic (exact) mass is 386 g/mol. The predicted octanol–water partition coefficient (Wildman–Crippen LogP) is 1.53. The first kappa shape index (κ1) is 17.9. The number of urea groups is 1. The molecule has 3 heterocycles. The van der Waals surface area contributed by atoms with Gasteiger partial charge >= 0.3 is 6.03 Å². The van der Waals surface area contributed by atoms with Gasteiger partial charge in [0, 0.05) is 32.4 Å². The minimum atomic E-state index is -3.40. The lowest BCUT2D eigenvalue weighted by Crippen LogP contribution is -2.53. The zero-order chi connectivity index (χ0) is 18.9. The van der Waals surface area contributed by atoms with E-state index in [9.17, 15) is 13.2 Å². The Labute approximate surface area is 159 Å². The zero-order valence-corrected chi connectivity index (χ0v) is 15.8. The first-order valence-corrected chi connectivity index (χ1v) is 10.6. The minimum Gasteiger partial charge on any atom is -0.317 e. The number of hydrogen-bond donors (Lipinski definition) is 0. The molecule has 4 rings (SSSR count). The summed E-state index contributed by atoms with van der Waals surface area (Å²) in [5.74, 6) is -0.00778. The van der Waals surface area contributed by atoms with Gasteiger partial charge in [-0.2, -0.15) is 4.31 Å². The van der Waals surface area contributed by atoms with Gasteiger partial charge in [-0.1, -0.05) is 36.4 Å². The molecular weight excluding hydrogens is 364 g/mol. The van der Waals surface area contributed by atoms with Gasteiger partial charge in [0.2, 0.25) is 10.0 Å². The second-order valence-electron chi connectivity index (χ2n) is 6.93. The van der Waals surface area contributed by atoms with Crippen LogP contribution in [0.3, 0.4) is 0 Å². The molecule has 2 amide bonds. The number of piperazine rings is 1. The van der Waals surface area contributed by atoms with Gasteiger partial charge in [0.1, 0.15) is 0 Å². The molecule has 1 atom stereocenters. The van der Waals surface area contributed by atoms with Crippen molar-refractivity contribution >= 4 is 16.1 Å². The standard InChI is InChI=1S/C19H22N4O3S/c24-19-21(12-17-8-4-5-9-20-17)13-18-14-22(10-11-23(18)19)27(25,26)15-16-6-2-1-3-7-16/h1-9,18H,10-15H2. The number of rotatable bonds is 5. The van der Waals surface area contributed by atoms with Crippen molar-refractivity contribution in [1.29, 1.82) is 0 Å². The van der Waals surface area contributed by atoms with E-state index >= 15 is 0 Å². The van der Waals surface area contributed by atoms with E-state index in [4.69, 9.17) is 0 Å². The van der Waals surface area contributed by atoms with Crippen LogP contribution in [0.2, 0.25) is 0 Å². The van der Waals surface area contributed by atoms with E-state index in [2.05, 4.69) is 4.98 Å². The number of amides is 2. The molecule has 1 aromatic heterocycles. The number of benzene rings is 1. The number of aromatic nitrogens is 1. The third-order valence-electron chi connectivity index (χ3n) is 5.06. The highest BCUT2D eigenvalue weighted by Crippen LogP contribution is 2.24. The summed E-state index contributed by atoms with van der Waals surface area (Å²) < 4.78 is 27.1. The summed E-state index contributed by atoms with van der Waals surface area (Å²) >= 11 is 0. The quantitative estimate of drug-likeness (QED) is 0.781. The van der Waals surface area contributed by atoms with Crippen LogP contribution in [-0.2, 0) is 22.3 Å². The Morgan fingerprint density at radius 3 is 2.52 bits per heavy atom. The number of fused-ring (bicyclic) bond motifs is 1. The highest BCUT2D eigenvalue weighted by atomic mass is 32.2. The summed E-state index contributed by atoms with van der Waals surface area (Å²) in [6.07, 6.45) is 1.71. The maximum absolute atomic E-state index is 12.8. The van der Waals surface area contributed by atoms with E-state index < -0.39 is 10.0 Å². The minimum absolute atomic E-state index is 0.00778. The number of pyridine rings is 1. The molecule has 0 radical (unpaired) electrons. The van der Waals surface area contributed by atoms with Crippen LogP contribution in [-0.4, -0.2) is 65.8 Å². The van der Waals surface area contributed by atoms with Crippen LogP contribution < -0.4 is 0 Å². The Balaban J connectivity index is 1.43. The third kappa shape index (κ3) is 3.81. The summed E-state index contributed by atoms with van der Waals surface area (Å²) in [5, 5.41) is 0. The summed E-state index contributed by atoms with van der Waals surface area (Å²) in [4.78, 5) is 20.5. The van der Waals surface area contributed by atoms with Crippen LogP contribution in [0.5, 0.6) is 0 Å². The van der Waals surface area contributed by atoms with Crippen molar-refractivity contribution in [2.75, 3.05) is 26.2 Å². The molecule has 2 fully saturated rings. The number of nitrogens with zero attached hydrogens (tertiary/aromatic N) is 4. The Bertz CT molecular complexity index is 905. The van der Waals surface area contributed by atoms with Gasteiger partial charge in [0.05, 0.1) is 24.0 Å². The molecule has 0 spiro atoms. The maximum atomic E-state index is 12.8. The van der Waals surface area contributed by atoms with Crippen molar-refractivity contribution in [3.63, 3.8) is 0 Å². The second-order valence-corrected chi connectivity index (χ2v) is 8.90. The van der Waals surface area contributed by atoms with Crippen molar-refractivity contribution in [2.45, 2.75) is 18.3 Å². The Morgan fingerprint density at radius 2 is 1.78 bits per heavy atom. The summed E-state index contributed by atoms with van der Waals surface area (Å²) in [7, 11) is -3.40. The first-order valence-electron chi connectivity index (χ1n) is 9.00. The van der Waals surface area contributed by atoms with Gasteiger partial charge in [-0.15, -0.1) is 0 Å². The molecular formula is C19H22N4O3S. The second kappa shape index (κ2) is 7.28. The van der Waals surface area contributed by atoms with Gasteiger partial charge in [0.25, 0.3) is 0 Å². The average Bonchev–Trinajstić information content (AvgIpc) is 2.98. The summed E-state index contributed by atoms with van der Waals surface area (Å²) in [6, 6.07) is 14.7. The molecule has 2 saturated heterocycles. The van der Waals surface area contributed by atoms with Crippen molar-refractivity contribution in [1.82, 2.24) is 19.1 Å². The number of carbonyl (C=O) groups excluding carboxylic acids is 1. The number of hydrogen-bond acceptors (Lipinski definition) is 4.